The molecule has 0 spiro atoms. The molecule has 0 amide bonds. The third kappa shape index (κ3) is 19.5. The Balaban J connectivity index is 0.000000827. The molecule has 0 bridgehead atoms. The minimum atomic E-state index is -0.598. The van der Waals surface area contributed by atoms with Crippen LogP contribution >= 0.6 is 0 Å². The topological polar surface area (TPSA) is 118 Å². The maximum atomic E-state index is 11.9. The molecule has 302 valence electrons. The summed E-state index contributed by atoms with van der Waals surface area (Å²) in [5.74, 6) is 0.274. The molecule has 0 aliphatic rings. The Morgan fingerprint density at radius 1 is 0.585 bits per heavy atom. The normalized spacial score (nSPS) is 13.9. The van der Waals surface area contributed by atoms with Crippen LogP contribution in [0.2, 0.25) is 0 Å². The lowest BCUT2D eigenvalue weighted by molar-refractivity contribution is -0.189. The van der Waals surface area contributed by atoms with Crippen molar-refractivity contribution in [2.75, 3.05) is 13.2 Å². The first kappa shape index (κ1) is 49.6. The van der Waals surface area contributed by atoms with Crippen molar-refractivity contribution in [2.24, 2.45) is 16.2 Å². The van der Waals surface area contributed by atoms with E-state index in [0.29, 0.717) is 44.1 Å². The van der Waals surface area contributed by atoms with Crippen molar-refractivity contribution in [2.45, 2.75) is 161 Å². The molecule has 9 nitrogen and oxygen atoms in total. The summed E-state index contributed by atoms with van der Waals surface area (Å²) in [5.41, 5.74) is 2.12. The molecule has 0 heterocycles. The van der Waals surface area contributed by atoms with E-state index < -0.39 is 28.8 Å². The maximum absolute atomic E-state index is 11.9. The van der Waals surface area contributed by atoms with Crippen LogP contribution in [-0.4, -0.2) is 48.8 Å². The van der Waals surface area contributed by atoms with E-state index in [9.17, 15) is 14.4 Å². The van der Waals surface area contributed by atoms with Gasteiger partial charge in [-0.05, 0) is 131 Å². The number of hydrogen-bond donors (Lipinski definition) is 1. The molecule has 53 heavy (non-hydrogen) atoms. The van der Waals surface area contributed by atoms with Gasteiger partial charge in [-0.3, -0.25) is 14.4 Å². The third-order valence-electron chi connectivity index (χ3n) is 9.75. The van der Waals surface area contributed by atoms with Gasteiger partial charge in [0.1, 0.15) is 11.9 Å². The van der Waals surface area contributed by atoms with Gasteiger partial charge in [-0.1, -0.05) is 76.6 Å². The molecule has 2 aromatic rings. The lowest BCUT2D eigenvalue weighted by atomic mass is 9.90. The molecule has 2 aromatic carbocycles. The summed E-state index contributed by atoms with van der Waals surface area (Å²) in [5, 5.41) is 9.01. The standard InChI is InChI=1S/C19H36O6.C15H22O2.C10H14O/c1-9-18(5,6)16(20)24-14(3)22-12-11-13-23-15(4)25-17(21)19(7,8)10-2;1-6-15(4,5)14(16)17-12(3)13-9-7-11(2)8-10-13;1-3-8(2)9-4-6-10(11)7-5-9/h14-15H,9-13H2,1-8H3;7-10,12H,6H2,1-5H3;4-8,11H,3H2,1-2H3. The zero-order valence-corrected chi connectivity index (χ0v) is 35.6. The number of rotatable bonds is 18. The van der Waals surface area contributed by atoms with Crippen LogP contribution in [0.4, 0.5) is 0 Å². The van der Waals surface area contributed by atoms with Gasteiger partial charge in [0.05, 0.1) is 29.5 Å². The fraction of sp³-hybridized carbons (Fsp3) is 0.659. The van der Waals surface area contributed by atoms with Crippen molar-refractivity contribution in [3.8, 4) is 5.75 Å². The number of phenols is 1. The minimum absolute atomic E-state index is 0.131. The molecular formula is C44H72O9. The number of phenolic OH excluding ortho intramolecular Hbond substituents is 1. The number of ether oxygens (including phenoxy) is 5. The van der Waals surface area contributed by atoms with Crippen LogP contribution in [0.3, 0.4) is 0 Å². The highest BCUT2D eigenvalue weighted by Gasteiger charge is 2.30. The molecule has 0 aliphatic carbocycles. The second-order valence-electron chi connectivity index (χ2n) is 15.6. The number of carbonyl (C=O) groups is 3. The lowest BCUT2D eigenvalue weighted by Gasteiger charge is -2.24. The summed E-state index contributed by atoms with van der Waals surface area (Å²) in [6.07, 6.45) is 2.57. The summed E-state index contributed by atoms with van der Waals surface area (Å²) in [6.45, 7) is 29.6. The van der Waals surface area contributed by atoms with Gasteiger partial charge < -0.3 is 28.8 Å². The molecule has 0 aromatic heterocycles. The fourth-order valence-electron chi connectivity index (χ4n) is 3.94. The first-order chi connectivity index (χ1) is 24.6. The van der Waals surface area contributed by atoms with Gasteiger partial charge in [-0.2, -0.15) is 0 Å². The summed E-state index contributed by atoms with van der Waals surface area (Å²) in [6, 6.07) is 15.5. The van der Waals surface area contributed by atoms with Gasteiger partial charge in [0.25, 0.3) is 0 Å². The molecule has 9 heteroatoms. The number of esters is 3. The predicted molar refractivity (Wildman–Crippen MR) is 212 cm³/mol. The first-order valence-corrected chi connectivity index (χ1v) is 19.3. The summed E-state index contributed by atoms with van der Waals surface area (Å²) >= 11 is 0. The van der Waals surface area contributed by atoms with Crippen molar-refractivity contribution in [1.82, 2.24) is 0 Å². The van der Waals surface area contributed by atoms with E-state index in [1.165, 1.54) is 11.1 Å². The van der Waals surface area contributed by atoms with E-state index >= 15 is 0 Å². The van der Waals surface area contributed by atoms with Crippen LogP contribution in [0, 0.1) is 23.2 Å². The lowest BCUT2D eigenvalue weighted by Crippen LogP contribution is -2.31. The number of carbonyl (C=O) groups excluding carboxylic acids is 3. The van der Waals surface area contributed by atoms with E-state index in [1.54, 1.807) is 26.0 Å². The molecule has 0 fully saturated rings. The second-order valence-corrected chi connectivity index (χ2v) is 15.6. The SMILES string of the molecule is CCC(C)(C)C(=O)OC(C)OCCCOC(C)OC(=O)C(C)(C)CC.CCC(C)(C)C(=O)OC(C)c1ccc(C)cc1.CCC(C)c1ccc(O)cc1. The Kier molecular flexibility index (Phi) is 22.5. The molecule has 4 unspecified atom stereocenters. The van der Waals surface area contributed by atoms with Crippen LogP contribution in [0.1, 0.15) is 158 Å². The first-order valence-electron chi connectivity index (χ1n) is 19.3. The van der Waals surface area contributed by atoms with Crippen molar-refractivity contribution < 1.29 is 43.2 Å². The Hall–Kier alpha value is -3.43. The highest BCUT2D eigenvalue weighted by molar-refractivity contribution is 5.76. The van der Waals surface area contributed by atoms with E-state index in [0.717, 1.165) is 18.4 Å². The smallest absolute Gasteiger partial charge is 0.313 e. The van der Waals surface area contributed by atoms with Crippen molar-refractivity contribution in [3.63, 3.8) is 0 Å². The Labute approximate surface area is 321 Å². The number of aryl methyl sites for hydroxylation is 1. The molecule has 0 saturated carbocycles. The number of aromatic hydroxyl groups is 1. The molecule has 2 rings (SSSR count). The average Bonchev–Trinajstić information content (AvgIpc) is 3.11. The summed E-state index contributed by atoms with van der Waals surface area (Å²) in [4.78, 5) is 35.8. The summed E-state index contributed by atoms with van der Waals surface area (Å²) in [7, 11) is 0. The van der Waals surface area contributed by atoms with Crippen LogP contribution in [-0.2, 0) is 38.1 Å². The largest absolute Gasteiger partial charge is 0.508 e. The van der Waals surface area contributed by atoms with Crippen molar-refractivity contribution in [1.29, 1.82) is 0 Å². The zero-order chi connectivity index (χ0) is 41.0. The fourth-order valence-corrected chi connectivity index (χ4v) is 3.94. The Bertz CT molecular complexity index is 1290. The molecule has 0 radical (unpaired) electrons. The van der Waals surface area contributed by atoms with Crippen LogP contribution in [0.15, 0.2) is 48.5 Å². The maximum Gasteiger partial charge on any atom is 0.313 e. The van der Waals surface area contributed by atoms with Crippen LogP contribution < -0.4 is 0 Å². The zero-order valence-electron chi connectivity index (χ0n) is 35.6. The van der Waals surface area contributed by atoms with Gasteiger partial charge in [-0.25, -0.2) is 0 Å². The van der Waals surface area contributed by atoms with E-state index in [2.05, 4.69) is 13.8 Å². The van der Waals surface area contributed by atoms with Crippen molar-refractivity contribution in [3.05, 3.63) is 65.2 Å². The number of hydrogen-bond acceptors (Lipinski definition) is 9. The van der Waals surface area contributed by atoms with Gasteiger partial charge in [0.2, 0.25) is 0 Å². The molecule has 4 atom stereocenters. The van der Waals surface area contributed by atoms with Crippen molar-refractivity contribution >= 4 is 17.9 Å². The molecule has 1 N–H and O–H groups in total. The van der Waals surface area contributed by atoms with Crippen LogP contribution in [0.25, 0.3) is 0 Å². The van der Waals surface area contributed by atoms with Gasteiger partial charge >= 0.3 is 17.9 Å². The van der Waals surface area contributed by atoms with Gasteiger partial charge in [0.15, 0.2) is 12.6 Å². The average molecular weight is 745 g/mol. The van der Waals surface area contributed by atoms with Gasteiger partial charge in [-0.15, -0.1) is 0 Å². The molecule has 0 saturated heterocycles. The monoisotopic (exact) mass is 745 g/mol. The quantitative estimate of drug-likeness (QED) is 0.0688. The molecule has 0 aliphatic heterocycles. The second kappa shape index (κ2) is 24.1. The third-order valence-corrected chi connectivity index (χ3v) is 9.75. The van der Waals surface area contributed by atoms with Crippen LogP contribution in [0.5, 0.6) is 5.75 Å². The highest BCUT2D eigenvalue weighted by Crippen LogP contribution is 2.27. The Morgan fingerprint density at radius 3 is 1.30 bits per heavy atom. The summed E-state index contributed by atoms with van der Waals surface area (Å²) < 4.78 is 26.9. The number of benzene rings is 2. The highest BCUT2D eigenvalue weighted by atomic mass is 16.7. The van der Waals surface area contributed by atoms with Gasteiger partial charge in [0, 0.05) is 0 Å². The Morgan fingerprint density at radius 2 is 0.943 bits per heavy atom. The van der Waals surface area contributed by atoms with E-state index in [4.69, 9.17) is 28.8 Å². The predicted octanol–water partition coefficient (Wildman–Crippen LogP) is 11.0. The molecular weight excluding hydrogens is 672 g/mol. The van der Waals surface area contributed by atoms with E-state index in [1.807, 2.05) is 113 Å². The minimum Gasteiger partial charge on any atom is -0.508 e. The van der Waals surface area contributed by atoms with E-state index in [-0.39, 0.29) is 24.0 Å².